The monoisotopic (exact) mass is 224 g/mol. The largest absolute Gasteiger partial charge is 0.330 e. The molecule has 2 unspecified atom stereocenters. The predicted octanol–water partition coefficient (Wildman–Crippen LogP) is 2.82. The maximum absolute atomic E-state index is 11.8. The number of amides is 1. The van der Waals surface area contributed by atoms with Crippen molar-refractivity contribution < 1.29 is 4.79 Å². The first-order valence-electron chi connectivity index (χ1n) is 5.82. The van der Waals surface area contributed by atoms with Gasteiger partial charge in [0.1, 0.15) is 6.04 Å². The van der Waals surface area contributed by atoms with Gasteiger partial charge < -0.3 is 4.90 Å². The molecule has 0 aromatic carbocycles. The molecule has 0 spiro atoms. The second-order valence-electron chi connectivity index (χ2n) is 5.88. The van der Waals surface area contributed by atoms with Crippen LogP contribution < -0.4 is 0 Å². The average molecular weight is 224 g/mol. The zero-order valence-electron chi connectivity index (χ0n) is 11.4. The van der Waals surface area contributed by atoms with E-state index in [1.165, 1.54) is 4.90 Å². The Bertz CT molecular complexity index is 273. The number of carbonyl (C=O) groups excluding carboxylic acids is 1. The molecule has 1 amide bonds. The van der Waals surface area contributed by atoms with Crippen LogP contribution in [0, 0.1) is 22.7 Å². The van der Waals surface area contributed by atoms with Crippen molar-refractivity contribution in [1.82, 2.24) is 4.90 Å². The smallest absolute Gasteiger partial charge is 0.223 e. The number of hydrogen-bond donors (Lipinski definition) is 0. The zero-order chi connectivity index (χ0) is 12.9. The van der Waals surface area contributed by atoms with Gasteiger partial charge in [-0.05, 0) is 24.7 Å². The molecule has 3 nitrogen and oxygen atoms in total. The van der Waals surface area contributed by atoms with Gasteiger partial charge in [0, 0.05) is 13.5 Å². The minimum atomic E-state index is -0.339. The van der Waals surface area contributed by atoms with Gasteiger partial charge in [0.2, 0.25) is 5.91 Å². The van der Waals surface area contributed by atoms with Crippen molar-refractivity contribution in [2.24, 2.45) is 11.3 Å². The van der Waals surface area contributed by atoms with Crippen molar-refractivity contribution >= 4 is 5.91 Å². The van der Waals surface area contributed by atoms with Crippen LogP contribution in [0.4, 0.5) is 0 Å². The summed E-state index contributed by atoms with van der Waals surface area (Å²) in [6.45, 7) is 10.4. The van der Waals surface area contributed by atoms with Crippen LogP contribution >= 0.6 is 0 Å². The van der Waals surface area contributed by atoms with Crippen molar-refractivity contribution in [3.63, 3.8) is 0 Å². The van der Waals surface area contributed by atoms with Gasteiger partial charge in [0.15, 0.2) is 0 Å². The van der Waals surface area contributed by atoms with Crippen LogP contribution in [-0.2, 0) is 4.79 Å². The van der Waals surface area contributed by atoms with E-state index in [2.05, 4.69) is 33.8 Å². The highest BCUT2D eigenvalue weighted by molar-refractivity contribution is 5.76. The minimum Gasteiger partial charge on any atom is -0.330 e. The first-order valence-corrected chi connectivity index (χ1v) is 5.82. The molecule has 0 N–H and O–H groups in total. The zero-order valence-corrected chi connectivity index (χ0v) is 11.4. The highest BCUT2D eigenvalue weighted by Crippen LogP contribution is 2.26. The molecule has 16 heavy (non-hydrogen) atoms. The van der Waals surface area contributed by atoms with Gasteiger partial charge in [0.25, 0.3) is 0 Å². The molecule has 0 saturated carbocycles. The number of nitrogens with zero attached hydrogens (tertiary/aromatic N) is 2. The lowest BCUT2D eigenvalue weighted by Crippen LogP contribution is -2.35. The molecule has 0 saturated heterocycles. The summed E-state index contributed by atoms with van der Waals surface area (Å²) >= 11 is 0. The summed E-state index contributed by atoms with van der Waals surface area (Å²) in [4.78, 5) is 13.3. The van der Waals surface area contributed by atoms with Gasteiger partial charge in [0.05, 0.1) is 6.07 Å². The molecule has 2 atom stereocenters. The fourth-order valence-corrected chi connectivity index (χ4v) is 1.86. The van der Waals surface area contributed by atoms with E-state index in [4.69, 9.17) is 5.26 Å². The van der Waals surface area contributed by atoms with Crippen LogP contribution in [-0.4, -0.2) is 23.9 Å². The standard InChI is InChI=1S/C13H24N2O/c1-10(8-13(3,4)5)7-12(16)15(6)11(2)9-14/h10-11H,7-8H2,1-6H3. The molecule has 0 rings (SSSR count). The summed E-state index contributed by atoms with van der Waals surface area (Å²) in [5, 5.41) is 8.73. The normalized spacial score (nSPS) is 15.1. The molecule has 0 radical (unpaired) electrons. The predicted molar refractivity (Wildman–Crippen MR) is 65.7 cm³/mol. The van der Waals surface area contributed by atoms with Crippen LogP contribution in [0.15, 0.2) is 0 Å². The van der Waals surface area contributed by atoms with Crippen molar-refractivity contribution in [1.29, 1.82) is 5.26 Å². The van der Waals surface area contributed by atoms with E-state index < -0.39 is 0 Å². The molecule has 0 aliphatic heterocycles. The minimum absolute atomic E-state index is 0.0609. The number of hydrogen-bond acceptors (Lipinski definition) is 2. The van der Waals surface area contributed by atoms with Crippen molar-refractivity contribution in [2.45, 2.75) is 53.5 Å². The Morgan fingerprint density at radius 2 is 1.88 bits per heavy atom. The Labute approximate surface area is 99.4 Å². The first kappa shape index (κ1) is 15.0. The van der Waals surface area contributed by atoms with E-state index in [0.717, 1.165) is 6.42 Å². The molecule has 0 aliphatic carbocycles. The molecule has 0 bridgehead atoms. The van der Waals surface area contributed by atoms with Gasteiger partial charge in [-0.2, -0.15) is 5.26 Å². The van der Waals surface area contributed by atoms with Crippen LogP contribution in [0.25, 0.3) is 0 Å². The Morgan fingerprint density at radius 1 is 1.38 bits per heavy atom. The molecule has 0 fully saturated rings. The number of carbonyl (C=O) groups is 1. The summed E-state index contributed by atoms with van der Waals surface area (Å²) in [6, 6.07) is 1.73. The van der Waals surface area contributed by atoms with E-state index in [1.807, 2.05) is 0 Å². The van der Waals surface area contributed by atoms with Crippen molar-refractivity contribution in [3.8, 4) is 6.07 Å². The third kappa shape index (κ3) is 5.75. The molecular weight excluding hydrogens is 200 g/mol. The van der Waals surface area contributed by atoms with Gasteiger partial charge in [-0.25, -0.2) is 0 Å². The van der Waals surface area contributed by atoms with Gasteiger partial charge >= 0.3 is 0 Å². The molecule has 92 valence electrons. The fraction of sp³-hybridized carbons (Fsp3) is 0.846. The summed E-state index contributed by atoms with van der Waals surface area (Å²) in [6.07, 6.45) is 1.55. The molecule has 0 aliphatic rings. The van der Waals surface area contributed by atoms with Crippen LogP contribution in [0.5, 0.6) is 0 Å². The number of nitriles is 1. The van der Waals surface area contributed by atoms with E-state index in [9.17, 15) is 4.79 Å². The quantitative estimate of drug-likeness (QED) is 0.737. The van der Waals surface area contributed by atoms with Crippen molar-refractivity contribution in [3.05, 3.63) is 0 Å². The lowest BCUT2D eigenvalue weighted by molar-refractivity contribution is -0.131. The Balaban J connectivity index is 4.21. The van der Waals surface area contributed by atoms with Crippen LogP contribution in [0.3, 0.4) is 0 Å². The average Bonchev–Trinajstić information content (AvgIpc) is 2.12. The maximum atomic E-state index is 11.8. The Morgan fingerprint density at radius 3 is 2.25 bits per heavy atom. The highest BCUT2D eigenvalue weighted by atomic mass is 16.2. The second-order valence-corrected chi connectivity index (χ2v) is 5.88. The summed E-state index contributed by atoms with van der Waals surface area (Å²) < 4.78 is 0. The van der Waals surface area contributed by atoms with Gasteiger partial charge in [-0.1, -0.05) is 27.7 Å². The summed E-state index contributed by atoms with van der Waals surface area (Å²) in [5.74, 6) is 0.423. The second kappa shape index (κ2) is 5.89. The molecule has 0 aromatic heterocycles. The maximum Gasteiger partial charge on any atom is 0.223 e. The Hall–Kier alpha value is -1.04. The third-order valence-electron chi connectivity index (χ3n) is 2.65. The highest BCUT2D eigenvalue weighted by Gasteiger charge is 2.21. The first-order chi connectivity index (χ1) is 7.17. The third-order valence-corrected chi connectivity index (χ3v) is 2.65. The van der Waals surface area contributed by atoms with Crippen molar-refractivity contribution in [2.75, 3.05) is 7.05 Å². The molecule has 3 heteroatoms. The van der Waals surface area contributed by atoms with E-state index in [1.54, 1.807) is 14.0 Å². The van der Waals surface area contributed by atoms with E-state index in [-0.39, 0.29) is 17.4 Å². The fourth-order valence-electron chi connectivity index (χ4n) is 1.86. The topological polar surface area (TPSA) is 44.1 Å². The molecule has 0 heterocycles. The number of rotatable bonds is 4. The lowest BCUT2D eigenvalue weighted by Gasteiger charge is -2.25. The molecule has 0 aromatic rings. The Kier molecular flexibility index (Phi) is 5.50. The van der Waals surface area contributed by atoms with Gasteiger partial charge in [-0.3, -0.25) is 4.79 Å². The SMILES string of the molecule is CC(CC(=O)N(C)C(C)C#N)CC(C)(C)C. The summed E-state index contributed by atoms with van der Waals surface area (Å²) in [7, 11) is 1.69. The van der Waals surface area contributed by atoms with Crippen LogP contribution in [0.2, 0.25) is 0 Å². The van der Waals surface area contributed by atoms with Gasteiger partial charge in [-0.15, -0.1) is 0 Å². The lowest BCUT2D eigenvalue weighted by atomic mass is 9.84. The van der Waals surface area contributed by atoms with E-state index >= 15 is 0 Å². The summed E-state index contributed by atoms with van der Waals surface area (Å²) in [5.41, 5.74) is 0.249. The van der Waals surface area contributed by atoms with E-state index in [0.29, 0.717) is 12.3 Å². The molecular formula is C13H24N2O. The van der Waals surface area contributed by atoms with Crippen LogP contribution in [0.1, 0.15) is 47.5 Å².